The molecule has 0 saturated carbocycles. The SMILES string of the molecule is COc1ccc(C(=O)N(C)C)cc1NC(=O)CC1COCCN1.Cl. The van der Waals surface area contributed by atoms with Crippen molar-refractivity contribution < 1.29 is 19.1 Å². The minimum Gasteiger partial charge on any atom is -0.495 e. The number of benzene rings is 1. The summed E-state index contributed by atoms with van der Waals surface area (Å²) in [6.45, 7) is 1.93. The molecule has 1 heterocycles. The molecule has 1 atom stereocenters. The molecule has 0 bridgehead atoms. The number of carbonyl (C=O) groups is 2. The van der Waals surface area contributed by atoms with Gasteiger partial charge < -0.3 is 25.0 Å². The zero-order valence-electron chi connectivity index (χ0n) is 14.1. The molecule has 2 rings (SSSR count). The largest absolute Gasteiger partial charge is 0.495 e. The summed E-state index contributed by atoms with van der Waals surface area (Å²) in [5.41, 5.74) is 0.979. The molecular weight excluding hydrogens is 334 g/mol. The van der Waals surface area contributed by atoms with E-state index in [0.29, 0.717) is 36.6 Å². The van der Waals surface area contributed by atoms with E-state index in [9.17, 15) is 9.59 Å². The summed E-state index contributed by atoms with van der Waals surface area (Å²) in [4.78, 5) is 25.7. The van der Waals surface area contributed by atoms with Gasteiger partial charge in [-0.05, 0) is 18.2 Å². The fraction of sp³-hybridized carbons (Fsp3) is 0.500. The molecule has 1 saturated heterocycles. The molecule has 2 N–H and O–H groups in total. The van der Waals surface area contributed by atoms with Crippen molar-refractivity contribution in [2.24, 2.45) is 0 Å². The lowest BCUT2D eigenvalue weighted by atomic mass is 10.1. The second kappa shape index (κ2) is 9.46. The number of rotatable bonds is 5. The van der Waals surface area contributed by atoms with E-state index in [0.717, 1.165) is 6.54 Å². The van der Waals surface area contributed by atoms with Crippen LogP contribution in [0.25, 0.3) is 0 Å². The van der Waals surface area contributed by atoms with Gasteiger partial charge in [-0.25, -0.2) is 0 Å². The molecule has 2 amide bonds. The van der Waals surface area contributed by atoms with Gasteiger partial charge in [0.25, 0.3) is 5.91 Å². The monoisotopic (exact) mass is 357 g/mol. The lowest BCUT2D eigenvalue weighted by Gasteiger charge is -2.23. The highest BCUT2D eigenvalue weighted by Gasteiger charge is 2.19. The molecule has 0 radical (unpaired) electrons. The molecule has 0 spiro atoms. The van der Waals surface area contributed by atoms with Crippen molar-refractivity contribution >= 4 is 29.9 Å². The quantitative estimate of drug-likeness (QED) is 0.826. The lowest BCUT2D eigenvalue weighted by molar-refractivity contribution is -0.117. The van der Waals surface area contributed by atoms with Crippen LogP contribution < -0.4 is 15.4 Å². The number of halogens is 1. The number of hydrogen-bond donors (Lipinski definition) is 2. The number of carbonyl (C=O) groups excluding carboxylic acids is 2. The van der Waals surface area contributed by atoms with Crippen molar-refractivity contribution in [3.63, 3.8) is 0 Å². The van der Waals surface area contributed by atoms with Crippen LogP contribution in [-0.2, 0) is 9.53 Å². The molecule has 1 aromatic carbocycles. The van der Waals surface area contributed by atoms with Gasteiger partial charge in [-0.15, -0.1) is 12.4 Å². The van der Waals surface area contributed by atoms with E-state index in [1.54, 1.807) is 32.3 Å². The summed E-state index contributed by atoms with van der Waals surface area (Å²) in [5, 5.41) is 6.04. The van der Waals surface area contributed by atoms with Gasteiger partial charge in [0.1, 0.15) is 5.75 Å². The smallest absolute Gasteiger partial charge is 0.253 e. The summed E-state index contributed by atoms with van der Waals surface area (Å²) in [6, 6.07) is 4.98. The number of ether oxygens (including phenoxy) is 2. The normalized spacial score (nSPS) is 16.7. The molecule has 24 heavy (non-hydrogen) atoms. The Bertz CT molecular complexity index is 574. The number of morpholine rings is 1. The van der Waals surface area contributed by atoms with Crippen molar-refractivity contribution in [3.05, 3.63) is 23.8 Å². The Morgan fingerprint density at radius 2 is 2.17 bits per heavy atom. The lowest BCUT2D eigenvalue weighted by Crippen LogP contribution is -2.43. The van der Waals surface area contributed by atoms with E-state index in [-0.39, 0.29) is 30.3 Å². The fourth-order valence-electron chi connectivity index (χ4n) is 2.37. The zero-order chi connectivity index (χ0) is 16.8. The first-order valence-electron chi connectivity index (χ1n) is 7.52. The molecule has 1 unspecified atom stereocenters. The first kappa shape index (κ1) is 20.2. The van der Waals surface area contributed by atoms with Crippen molar-refractivity contribution in [2.45, 2.75) is 12.5 Å². The third-order valence-corrected chi connectivity index (χ3v) is 3.56. The van der Waals surface area contributed by atoms with E-state index in [1.807, 2.05) is 0 Å². The molecule has 1 aliphatic heterocycles. The minimum absolute atomic E-state index is 0. The van der Waals surface area contributed by atoms with E-state index in [4.69, 9.17) is 9.47 Å². The van der Waals surface area contributed by atoms with Crippen molar-refractivity contribution in [2.75, 3.05) is 46.3 Å². The van der Waals surface area contributed by atoms with Gasteiger partial charge in [-0.3, -0.25) is 9.59 Å². The molecule has 1 aromatic rings. The van der Waals surface area contributed by atoms with Crippen molar-refractivity contribution in [1.82, 2.24) is 10.2 Å². The molecule has 0 aromatic heterocycles. The van der Waals surface area contributed by atoms with Crippen LogP contribution in [0.3, 0.4) is 0 Å². The van der Waals surface area contributed by atoms with Gasteiger partial charge in [0.2, 0.25) is 5.91 Å². The predicted molar refractivity (Wildman–Crippen MR) is 94.1 cm³/mol. The van der Waals surface area contributed by atoms with Crippen LogP contribution >= 0.6 is 12.4 Å². The number of amides is 2. The molecule has 0 aliphatic carbocycles. The Morgan fingerprint density at radius 1 is 1.42 bits per heavy atom. The maximum Gasteiger partial charge on any atom is 0.253 e. The van der Waals surface area contributed by atoms with Crippen LogP contribution in [0, 0.1) is 0 Å². The molecular formula is C16H24ClN3O4. The van der Waals surface area contributed by atoms with Crippen LogP contribution in [0.2, 0.25) is 0 Å². The van der Waals surface area contributed by atoms with Crippen molar-refractivity contribution in [1.29, 1.82) is 0 Å². The van der Waals surface area contributed by atoms with Crippen LogP contribution in [0.1, 0.15) is 16.8 Å². The maximum absolute atomic E-state index is 12.2. The highest BCUT2D eigenvalue weighted by molar-refractivity contribution is 5.98. The Hall–Kier alpha value is -1.83. The molecule has 134 valence electrons. The van der Waals surface area contributed by atoms with Gasteiger partial charge in [-0.2, -0.15) is 0 Å². The second-order valence-electron chi connectivity index (χ2n) is 5.59. The number of methoxy groups -OCH3 is 1. The second-order valence-corrected chi connectivity index (χ2v) is 5.59. The van der Waals surface area contributed by atoms with E-state index < -0.39 is 0 Å². The average molecular weight is 358 g/mol. The Labute approximate surface area is 148 Å². The first-order chi connectivity index (χ1) is 11.0. The molecule has 1 aliphatic rings. The Morgan fingerprint density at radius 3 is 2.75 bits per heavy atom. The van der Waals surface area contributed by atoms with Crippen molar-refractivity contribution in [3.8, 4) is 5.75 Å². The molecule has 1 fully saturated rings. The van der Waals surface area contributed by atoms with Crippen LogP contribution in [0.4, 0.5) is 5.69 Å². The average Bonchev–Trinajstić information content (AvgIpc) is 2.54. The number of hydrogen-bond acceptors (Lipinski definition) is 5. The topological polar surface area (TPSA) is 79.9 Å². The van der Waals surface area contributed by atoms with E-state index in [2.05, 4.69) is 10.6 Å². The summed E-state index contributed by atoms with van der Waals surface area (Å²) in [6.07, 6.45) is 0.301. The standard InChI is InChI=1S/C16H23N3O4.ClH/c1-19(2)16(21)11-4-5-14(22-3)13(8-11)18-15(20)9-12-10-23-7-6-17-12;/h4-5,8,12,17H,6-7,9-10H2,1-3H3,(H,18,20);1H. The Kier molecular flexibility index (Phi) is 7.97. The number of nitrogens with one attached hydrogen (secondary N) is 2. The summed E-state index contributed by atoms with van der Waals surface area (Å²) < 4.78 is 10.6. The summed E-state index contributed by atoms with van der Waals surface area (Å²) in [7, 11) is 4.88. The van der Waals surface area contributed by atoms with Crippen LogP contribution in [0.15, 0.2) is 18.2 Å². The highest BCUT2D eigenvalue weighted by Crippen LogP contribution is 2.26. The first-order valence-corrected chi connectivity index (χ1v) is 7.52. The Balaban J connectivity index is 0.00000288. The summed E-state index contributed by atoms with van der Waals surface area (Å²) >= 11 is 0. The molecule has 7 nitrogen and oxygen atoms in total. The summed E-state index contributed by atoms with van der Waals surface area (Å²) in [5.74, 6) is 0.229. The predicted octanol–water partition coefficient (Wildman–Crippen LogP) is 1.14. The van der Waals surface area contributed by atoms with Gasteiger partial charge in [-0.1, -0.05) is 0 Å². The van der Waals surface area contributed by atoms with Crippen LogP contribution in [-0.4, -0.2) is 63.7 Å². The van der Waals surface area contributed by atoms with Gasteiger partial charge in [0.15, 0.2) is 0 Å². The van der Waals surface area contributed by atoms with E-state index in [1.165, 1.54) is 12.0 Å². The van der Waals surface area contributed by atoms with Gasteiger partial charge in [0, 0.05) is 38.7 Å². The third-order valence-electron chi connectivity index (χ3n) is 3.56. The van der Waals surface area contributed by atoms with E-state index >= 15 is 0 Å². The van der Waals surface area contributed by atoms with Gasteiger partial charge in [0.05, 0.1) is 26.0 Å². The fourth-order valence-corrected chi connectivity index (χ4v) is 2.37. The number of anilines is 1. The maximum atomic E-state index is 12.2. The van der Waals surface area contributed by atoms with Gasteiger partial charge >= 0.3 is 0 Å². The third kappa shape index (κ3) is 5.36. The zero-order valence-corrected chi connectivity index (χ0v) is 14.9. The highest BCUT2D eigenvalue weighted by atomic mass is 35.5. The van der Waals surface area contributed by atoms with Crippen LogP contribution in [0.5, 0.6) is 5.75 Å². The molecule has 8 heteroatoms. The minimum atomic E-state index is -0.152. The number of nitrogens with zero attached hydrogens (tertiary/aromatic N) is 1.